The van der Waals surface area contributed by atoms with Crippen molar-refractivity contribution in [1.29, 1.82) is 0 Å². The number of H-pyrrole nitrogens is 2. The van der Waals surface area contributed by atoms with Crippen LogP contribution in [0, 0.1) is 5.92 Å². The number of amides is 3. The normalized spacial score (nSPS) is 21.5. The first-order chi connectivity index (χ1) is 29.3. The molecule has 0 saturated carbocycles. The zero-order valence-corrected chi connectivity index (χ0v) is 40.6. The molecular weight excluding hydrogens is 887 g/mol. The number of hydrogen-bond acceptors (Lipinski definition) is 8. The minimum absolute atomic E-state index is 0. The fourth-order valence-corrected chi connectivity index (χ4v) is 9.51. The van der Waals surface area contributed by atoms with E-state index in [-0.39, 0.29) is 90.4 Å². The lowest BCUT2D eigenvalue weighted by atomic mass is 9.95. The largest absolute Gasteiger partial charge is 0.493 e. The number of nitrogens with one attached hydrogen (secondary N) is 3. The predicted octanol–water partition coefficient (Wildman–Crippen LogP) is 8.73. The molecule has 2 fully saturated rings. The quantitative estimate of drug-likeness (QED) is 0.162. The van der Waals surface area contributed by atoms with Crippen LogP contribution >= 0.6 is 54.0 Å². The van der Waals surface area contributed by atoms with Gasteiger partial charge in [-0.2, -0.15) is 54.0 Å². The summed E-state index contributed by atoms with van der Waals surface area (Å²) >= 11 is 0. The van der Waals surface area contributed by atoms with E-state index in [9.17, 15) is 14.4 Å². The number of aryl methyl sites for hydroxylation is 1. The van der Waals surface area contributed by atoms with Crippen molar-refractivity contribution in [1.82, 2.24) is 35.1 Å². The number of rotatable bonds is 3. The van der Waals surface area contributed by atoms with Gasteiger partial charge >= 0.3 is 6.09 Å². The molecule has 4 aliphatic heterocycles. The van der Waals surface area contributed by atoms with Crippen LogP contribution in [-0.2, 0) is 25.5 Å². The van der Waals surface area contributed by atoms with Crippen molar-refractivity contribution in [2.75, 3.05) is 40.0 Å². The molecule has 17 heteroatoms. The Bertz CT molecular complexity index is 2380. The highest BCUT2D eigenvalue weighted by atomic mass is 32.1. The average Bonchev–Trinajstić information content (AvgIpc) is 4.11. The fraction of sp³-hybridized carbons (Fsp3) is 0.468. The summed E-state index contributed by atoms with van der Waals surface area (Å²) in [6.07, 6.45) is 11.2. The van der Waals surface area contributed by atoms with Crippen molar-refractivity contribution < 1.29 is 28.6 Å². The van der Waals surface area contributed by atoms with Gasteiger partial charge in [0.05, 0.1) is 55.3 Å². The number of hydrogen-bond donors (Lipinski definition) is 3. The first-order valence-electron chi connectivity index (χ1n) is 21.8. The van der Waals surface area contributed by atoms with Crippen LogP contribution in [0.5, 0.6) is 5.75 Å². The summed E-state index contributed by atoms with van der Waals surface area (Å²) in [4.78, 5) is 60.3. The summed E-state index contributed by atoms with van der Waals surface area (Å²) in [5.74, 6) is 2.45. The average molecular weight is 950 g/mol. The van der Waals surface area contributed by atoms with E-state index in [1.165, 1.54) is 12.7 Å². The molecule has 3 amide bonds. The lowest BCUT2D eigenvalue weighted by Gasteiger charge is -2.28. The minimum Gasteiger partial charge on any atom is -0.493 e. The number of aromatic amines is 2. The van der Waals surface area contributed by atoms with Crippen molar-refractivity contribution in [3.05, 3.63) is 78.0 Å². The Hall–Kier alpha value is -4.29. The number of imidazole rings is 2. The van der Waals surface area contributed by atoms with Crippen molar-refractivity contribution in [3.8, 4) is 39.3 Å². The number of ether oxygens (including phenoxy) is 3. The summed E-state index contributed by atoms with van der Waals surface area (Å²) in [6, 6.07) is 18.4. The van der Waals surface area contributed by atoms with E-state index in [2.05, 4.69) is 81.7 Å². The van der Waals surface area contributed by atoms with E-state index >= 15 is 0 Å². The van der Waals surface area contributed by atoms with Crippen LogP contribution in [-0.4, -0.2) is 93.7 Å². The molecule has 0 unspecified atom stereocenters. The van der Waals surface area contributed by atoms with Crippen LogP contribution in [0.15, 0.2) is 60.8 Å². The third-order valence-electron chi connectivity index (χ3n) is 12.8. The summed E-state index contributed by atoms with van der Waals surface area (Å²) in [6.45, 7) is 4.40. The molecule has 9 rings (SSSR count). The van der Waals surface area contributed by atoms with E-state index in [0.717, 1.165) is 133 Å². The topological polar surface area (TPSA) is 155 Å². The maximum absolute atomic E-state index is 13.8. The molecule has 4 aliphatic rings. The molecular formula is C47H63N7O6S4. The monoisotopic (exact) mass is 949 g/mol. The highest BCUT2D eigenvalue weighted by Crippen LogP contribution is 2.39. The number of aromatic nitrogens is 4. The molecule has 0 spiro atoms. The standard InChI is InChI=1S/C47H55N7O6.4H2S/c1-29-10-4-3-5-11-33-24-34(25-36-42(33)52-44(49-36)40-13-9-20-53(40)45(29)55)31-16-14-30(15-17-31)32-18-19-35-37-27-48-43(50-37)39-12-8-21-54(39)46(56)38(51-47(57)58-2)28-59-22-6-7-23-60-41(35)26-32;;;;/h14-19,24-27,29,38-40H,3-13,20-23,28H2,1-2H3,(H,48,50)(H,49,52)(H,51,57);4*1H2/t29-,38-,39-,40-;;;;/m0..../s1. The maximum atomic E-state index is 13.8. The number of benzene rings is 3. The van der Waals surface area contributed by atoms with Crippen molar-refractivity contribution in [2.24, 2.45) is 5.92 Å². The van der Waals surface area contributed by atoms with Crippen LogP contribution in [0.3, 0.4) is 0 Å². The van der Waals surface area contributed by atoms with Gasteiger partial charge in [-0.25, -0.2) is 14.8 Å². The second-order valence-electron chi connectivity index (χ2n) is 16.8. The molecule has 13 nitrogen and oxygen atoms in total. The molecule has 64 heavy (non-hydrogen) atoms. The van der Waals surface area contributed by atoms with Crippen LogP contribution in [0.25, 0.3) is 44.5 Å². The van der Waals surface area contributed by atoms with Gasteiger partial charge < -0.3 is 39.3 Å². The van der Waals surface area contributed by atoms with E-state index in [1.807, 2.05) is 6.20 Å². The van der Waals surface area contributed by atoms with Gasteiger partial charge in [-0.05, 0) is 110 Å². The predicted molar refractivity (Wildman–Crippen MR) is 270 cm³/mol. The molecule has 4 bridgehead atoms. The molecule has 3 N–H and O–H groups in total. The van der Waals surface area contributed by atoms with E-state index in [0.29, 0.717) is 25.6 Å². The zero-order valence-electron chi connectivity index (χ0n) is 36.6. The van der Waals surface area contributed by atoms with Gasteiger partial charge in [-0.1, -0.05) is 50.1 Å². The van der Waals surface area contributed by atoms with Crippen LogP contribution in [0.1, 0.15) is 100 Å². The van der Waals surface area contributed by atoms with Crippen molar-refractivity contribution in [2.45, 2.75) is 95.7 Å². The SMILES string of the molecule is COC(=O)N[C@H]1COCCCCOc2cc(-c3ccc(-c4cc5c6nc([nH]c6c4)[C@@H]4CCCN4C(=O)[C@@H](C)CCCCC5)cc3)ccc2-c2cnc([nH]2)[C@@H]2CCCN2C1=O.S.S.S.S. The molecule has 6 heterocycles. The smallest absolute Gasteiger partial charge is 0.407 e. The number of nitrogens with zero attached hydrogens (tertiary/aromatic N) is 4. The zero-order chi connectivity index (χ0) is 41.2. The van der Waals surface area contributed by atoms with Gasteiger partial charge in [0.2, 0.25) is 11.8 Å². The Kier molecular flexibility index (Phi) is 18.0. The molecule has 346 valence electrons. The minimum atomic E-state index is -0.861. The molecule has 5 aromatic rings. The van der Waals surface area contributed by atoms with E-state index in [4.69, 9.17) is 24.2 Å². The first kappa shape index (κ1) is 50.7. The van der Waals surface area contributed by atoms with Gasteiger partial charge in [0.1, 0.15) is 23.4 Å². The molecule has 3 aromatic carbocycles. The van der Waals surface area contributed by atoms with Crippen LogP contribution in [0.4, 0.5) is 4.79 Å². The van der Waals surface area contributed by atoms with Gasteiger partial charge in [-0.15, -0.1) is 0 Å². The summed E-state index contributed by atoms with van der Waals surface area (Å²) < 4.78 is 17.2. The van der Waals surface area contributed by atoms with E-state index < -0.39 is 12.1 Å². The Morgan fingerprint density at radius 3 is 2.19 bits per heavy atom. The van der Waals surface area contributed by atoms with Gasteiger partial charge in [0.25, 0.3) is 0 Å². The number of methoxy groups -OCH3 is 1. The Balaban J connectivity index is 0.00000193. The number of carbonyl (C=O) groups is 3. The molecule has 0 aliphatic carbocycles. The second-order valence-corrected chi connectivity index (χ2v) is 16.8. The number of carbonyl (C=O) groups excluding carboxylic acids is 3. The van der Waals surface area contributed by atoms with Crippen molar-refractivity contribution in [3.63, 3.8) is 0 Å². The lowest BCUT2D eigenvalue weighted by Crippen LogP contribution is -2.50. The van der Waals surface area contributed by atoms with Crippen LogP contribution in [0.2, 0.25) is 0 Å². The summed E-state index contributed by atoms with van der Waals surface area (Å²) in [7, 11) is 1.28. The van der Waals surface area contributed by atoms with Gasteiger partial charge in [-0.3, -0.25) is 9.59 Å². The molecule has 2 saturated heterocycles. The summed E-state index contributed by atoms with van der Waals surface area (Å²) in [5.41, 5.74) is 9.41. The Morgan fingerprint density at radius 2 is 1.44 bits per heavy atom. The van der Waals surface area contributed by atoms with Gasteiger partial charge in [0, 0.05) is 31.2 Å². The van der Waals surface area contributed by atoms with Gasteiger partial charge in [0.15, 0.2) is 0 Å². The van der Waals surface area contributed by atoms with E-state index in [1.54, 1.807) is 4.90 Å². The molecule has 2 aromatic heterocycles. The molecule has 4 atom stereocenters. The molecule has 0 radical (unpaired) electrons. The Morgan fingerprint density at radius 1 is 0.750 bits per heavy atom. The highest BCUT2D eigenvalue weighted by Gasteiger charge is 2.37. The number of alkyl carbamates (subject to hydrolysis) is 1. The third-order valence-corrected chi connectivity index (χ3v) is 12.8. The third kappa shape index (κ3) is 10.7. The maximum Gasteiger partial charge on any atom is 0.407 e. The lowest BCUT2D eigenvalue weighted by molar-refractivity contribution is -0.137. The Labute approximate surface area is 403 Å². The summed E-state index contributed by atoms with van der Waals surface area (Å²) in [5, 5.41) is 2.66. The fourth-order valence-electron chi connectivity index (χ4n) is 9.51. The van der Waals surface area contributed by atoms with Crippen LogP contribution < -0.4 is 10.1 Å². The van der Waals surface area contributed by atoms with Crippen molar-refractivity contribution >= 4 is 82.9 Å². The second kappa shape index (κ2) is 22.7. The number of fused-ring (bicyclic) bond motifs is 9. The first-order valence-corrected chi connectivity index (χ1v) is 21.8. The highest BCUT2D eigenvalue weighted by molar-refractivity contribution is 7.59.